The number of aliphatic hydroxyl groups is 1. The Morgan fingerprint density at radius 1 is 1.28 bits per heavy atom. The Kier molecular flexibility index (Phi) is 5.42. The highest BCUT2D eigenvalue weighted by molar-refractivity contribution is 4.93. The summed E-state index contributed by atoms with van der Waals surface area (Å²) in [6.45, 7) is 4.88. The highest BCUT2D eigenvalue weighted by atomic mass is 16.5. The van der Waals surface area contributed by atoms with Crippen LogP contribution in [0.2, 0.25) is 0 Å². The lowest BCUT2D eigenvalue weighted by Crippen LogP contribution is -2.56. The van der Waals surface area contributed by atoms with Crippen LogP contribution in [-0.2, 0) is 9.47 Å². The van der Waals surface area contributed by atoms with Crippen molar-refractivity contribution >= 4 is 0 Å². The number of rotatable bonds is 6. The molecular weight excluding hydrogens is 230 g/mol. The molecule has 18 heavy (non-hydrogen) atoms. The third-order valence-corrected chi connectivity index (χ3v) is 4.19. The van der Waals surface area contributed by atoms with E-state index in [9.17, 15) is 5.11 Å². The summed E-state index contributed by atoms with van der Waals surface area (Å²) in [7, 11) is 0. The van der Waals surface area contributed by atoms with Crippen LogP contribution < -0.4 is 5.32 Å². The van der Waals surface area contributed by atoms with E-state index in [1.165, 1.54) is 6.42 Å². The van der Waals surface area contributed by atoms with Gasteiger partial charge in [0.1, 0.15) is 0 Å². The molecule has 4 heteroatoms. The van der Waals surface area contributed by atoms with Crippen molar-refractivity contribution in [1.82, 2.24) is 5.32 Å². The molecule has 2 aliphatic heterocycles. The smallest absolute Gasteiger partial charge is 0.0700 e. The van der Waals surface area contributed by atoms with Crippen LogP contribution in [0.25, 0.3) is 0 Å². The first kappa shape index (κ1) is 14.3. The van der Waals surface area contributed by atoms with Gasteiger partial charge in [0, 0.05) is 25.3 Å². The number of hydrogen-bond donors (Lipinski definition) is 2. The van der Waals surface area contributed by atoms with E-state index in [1.807, 2.05) is 0 Å². The zero-order valence-electron chi connectivity index (χ0n) is 11.5. The van der Waals surface area contributed by atoms with Gasteiger partial charge < -0.3 is 19.9 Å². The molecule has 0 spiro atoms. The van der Waals surface area contributed by atoms with Crippen LogP contribution in [0.5, 0.6) is 0 Å². The zero-order valence-corrected chi connectivity index (χ0v) is 11.5. The molecule has 0 amide bonds. The van der Waals surface area contributed by atoms with Crippen molar-refractivity contribution in [3.63, 3.8) is 0 Å². The third-order valence-electron chi connectivity index (χ3n) is 4.19. The van der Waals surface area contributed by atoms with Gasteiger partial charge in [-0.1, -0.05) is 13.3 Å². The Hall–Kier alpha value is -0.160. The molecule has 2 aliphatic rings. The fourth-order valence-electron chi connectivity index (χ4n) is 3.02. The summed E-state index contributed by atoms with van der Waals surface area (Å²) >= 11 is 0. The van der Waals surface area contributed by atoms with Crippen LogP contribution in [0.3, 0.4) is 0 Å². The van der Waals surface area contributed by atoms with E-state index in [-0.39, 0.29) is 12.1 Å². The van der Waals surface area contributed by atoms with Crippen LogP contribution in [0, 0.1) is 0 Å². The van der Waals surface area contributed by atoms with Crippen molar-refractivity contribution in [2.24, 2.45) is 0 Å². The second-order valence-corrected chi connectivity index (χ2v) is 5.69. The van der Waals surface area contributed by atoms with Crippen LogP contribution in [0.4, 0.5) is 0 Å². The minimum absolute atomic E-state index is 0.149. The molecule has 2 fully saturated rings. The fourth-order valence-corrected chi connectivity index (χ4v) is 3.02. The SMILES string of the molecule is CCCC1CC(CO)(NCC2CCCO2)CCO1. The van der Waals surface area contributed by atoms with E-state index in [0.29, 0.717) is 12.2 Å². The number of hydrogen-bond acceptors (Lipinski definition) is 4. The molecule has 0 aromatic heterocycles. The fraction of sp³-hybridized carbons (Fsp3) is 1.00. The lowest BCUT2D eigenvalue weighted by Gasteiger charge is -2.41. The quantitative estimate of drug-likeness (QED) is 0.756. The molecule has 106 valence electrons. The number of aliphatic hydroxyl groups excluding tert-OH is 1. The van der Waals surface area contributed by atoms with Crippen LogP contribution in [-0.4, -0.2) is 49.2 Å². The number of ether oxygens (including phenoxy) is 2. The normalized spacial score (nSPS) is 37.0. The van der Waals surface area contributed by atoms with E-state index < -0.39 is 0 Å². The first-order valence-corrected chi connectivity index (χ1v) is 7.37. The van der Waals surface area contributed by atoms with Crippen molar-refractivity contribution in [3.05, 3.63) is 0 Å². The lowest BCUT2D eigenvalue weighted by atomic mass is 9.85. The van der Waals surface area contributed by atoms with Gasteiger partial charge in [0.2, 0.25) is 0 Å². The van der Waals surface area contributed by atoms with Crippen molar-refractivity contribution in [1.29, 1.82) is 0 Å². The summed E-state index contributed by atoms with van der Waals surface area (Å²) in [6.07, 6.45) is 6.99. The molecule has 0 radical (unpaired) electrons. The van der Waals surface area contributed by atoms with Gasteiger partial charge in [-0.2, -0.15) is 0 Å². The Balaban J connectivity index is 1.83. The molecule has 2 N–H and O–H groups in total. The van der Waals surface area contributed by atoms with Gasteiger partial charge in [0.25, 0.3) is 0 Å². The molecule has 3 atom stereocenters. The summed E-state index contributed by atoms with van der Waals surface area (Å²) < 4.78 is 11.4. The molecule has 0 saturated carbocycles. The summed E-state index contributed by atoms with van der Waals surface area (Å²) in [5.41, 5.74) is -0.149. The van der Waals surface area contributed by atoms with E-state index in [2.05, 4.69) is 12.2 Å². The van der Waals surface area contributed by atoms with Gasteiger partial charge in [0.05, 0.1) is 18.8 Å². The topological polar surface area (TPSA) is 50.7 Å². The van der Waals surface area contributed by atoms with E-state index >= 15 is 0 Å². The van der Waals surface area contributed by atoms with Crippen molar-refractivity contribution < 1.29 is 14.6 Å². The standard InChI is InChI=1S/C14H27NO3/c1-2-4-12-9-14(11-16,6-8-18-12)15-10-13-5-3-7-17-13/h12-13,15-16H,2-11H2,1H3. The second-order valence-electron chi connectivity index (χ2n) is 5.69. The maximum Gasteiger partial charge on any atom is 0.0700 e. The minimum atomic E-state index is -0.149. The summed E-state index contributed by atoms with van der Waals surface area (Å²) in [5, 5.41) is 13.3. The predicted molar refractivity (Wildman–Crippen MR) is 70.7 cm³/mol. The molecule has 0 bridgehead atoms. The van der Waals surface area contributed by atoms with Gasteiger partial charge in [0.15, 0.2) is 0 Å². The molecule has 4 nitrogen and oxygen atoms in total. The molecule has 2 heterocycles. The van der Waals surface area contributed by atoms with E-state index in [4.69, 9.17) is 9.47 Å². The van der Waals surface area contributed by atoms with Crippen LogP contribution in [0.1, 0.15) is 45.4 Å². The molecule has 2 rings (SSSR count). The minimum Gasteiger partial charge on any atom is -0.394 e. The summed E-state index contributed by atoms with van der Waals surface area (Å²) in [4.78, 5) is 0. The molecule has 3 unspecified atom stereocenters. The highest BCUT2D eigenvalue weighted by Gasteiger charge is 2.36. The van der Waals surface area contributed by atoms with E-state index in [0.717, 1.165) is 51.9 Å². The Morgan fingerprint density at radius 3 is 2.78 bits per heavy atom. The Bertz CT molecular complexity index is 241. The van der Waals surface area contributed by atoms with Gasteiger partial charge in [-0.05, 0) is 32.1 Å². The lowest BCUT2D eigenvalue weighted by molar-refractivity contribution is -0.0514. The zero-order chi connectivity index (χ0) is 12.8. The van der Waals surface area contributed by atoms with Crippen molar-refractivity contribution in [2.45, 2.75) is 63.2 Å². The van der Waals surface area contributed by atoms with Crippen molar-refractivity contribution in [2.75, 3.05) is 26.4 Å². The molecule has 0 aromatic carbocycles. The molecule has 2 saturated heterocycles. The first-order valence-electron chi connectivity index (χ1n) is 7.37. The molecular formula is C14H27NO3. The van der Waals surface area contributed by atoms with Crippen molar-refractivity contribution in [3.8, 4) is 0 Å². The monoisotopic (exact) mass is 257 g/mol. The van der Waals surface area contributed by atoms with Gasteiger partial charge in [-0.3, -0.25) is 0 Å². The maximum atomic E-state index is 9.74. The van der Waals surface area contributed by atoms with E-state index in [1.54, 1.807) is 0 Å². The first-order chi connectivity index (χ1) is 8.78. The summed E-state index contributed by atoms with van der Waals surface area (Å²) in [6, 6.07) is 0. The summed E-state index contributed by atoms with van der Waals surface area (Å²) in [5.74, 6) is 0. The molecule has 0 aromatic rings. The Labute approximate surface area is 110 Å². The number of nitrogens with one attached hydrogen (secondary N) is 1. The average molecular weight is 257 g/mol. The predicted octanol–water partition coefficient (Wildman–Crippen LogP) is 1.47. The van der Waals surface area contributed by atoms with Crippen LogP contribution >= 0.6 is 0 Å². The molecule has 0 aliphatic carbocycles. The third kappa shape index (κ3) is 3.67. The van der Waals surface area contributed by atoms with Gasteiger partial charge in [-0.25, -0.2) is 0 Å². The van der Waals surface area contributed by atoms with Gasteiger partial charge >= 0.3 is 0 Å². The van der Waals surface area contributed by atoms with Crippen LogP contribution in [0.15, 0.2) is 0 Å². The highest BCUT2D eigenvalue weighted by Crippen LogP contribution is 2.27. The second kappa shape index (κ2) is 6.85. The maximum absolute atomic E-state index is 9.74. The average Bonchev–Trinajstić information content (AvgIpc) is 2.90. The van der Waals surface area contributed by atoms with Gasteiger partial charge in [-0.15, -0.1) is 0 Å². The Morgan fingerprint density at radius 2 is 2.11 bits per heavy atom. The largest absolute Gasteiger partial charge is 0.394 e.